The van der Waals surface area contributed by atoms with E-state index in [1.165, 1.54) is 5.69 Å². The number of carbonyl (C=O) groups is 1. The molecule has 1 amide bonds. The van der Waals surface area contributed by atoms with E-state index in [2.05, 4.69) is 21.9 Å². The van der Waals surface area contributed by atoms with Gasteiger partial charge in [-0.15, -0.1) is 12.4 Å². The van der Waals surface area contributed by atoms with Crippen LogP contribution in [0.2, 0.25) is 0 Å². The molecule has 0 spiro atoms. The van der Waals surface area contributed by atoms with Gasteiger partial charge in [-0.1, -0.05) is 30.3 Å². The third-order valence-electron chi connectivity index (χ3n) is 5.99. The van der Waals surface area contributed by atoms with Crippen LogP contribution in [-0.4, -0.2) is 69.0 Å². The van der Waals surface area contributed by atoms with Crippen LogP contribution < -0.4 is 14.5 Å². The zero-order chi connectivity index (χ0) is 20.8. The molecule has 2 N–H and O–H groups in total. The fraction of sp³-hybridized carbons (Fsp3) is 0.458. The SMILES string of the molecule is COc1ccccc1N1CCN(CCCCC2CN(c3ccccc3)C(=O)O2)CC1.Cl.O. The summed E-state index contributed by atoms with van der Waals surface area (Å²) in [6, 6.07) is 18.0. The van der Waals surface area contributed by atoms with Gasteiger partial charge in [0.2, 0.25) is 0 Å². The smallest absolute Gasteiger partial charge is 0.414 e. The molecule has 32 heavy (non-hydrogen) atoms. The number of amides is 1. The number of hydrogen-bond donors (Lipinski definition) is 0. The lowest BCUT2D eigenvalue weighted by molar-refractivity contribution is 0.134. The molecule has 2 heterocycles. The second-order valence-electron chi connectivity index (χ2n) is 7.95. The second kappa shape index (κ2) is 12.5. The van der Waals surface area contributed by atoms with Crippen molar-refractivity contribution in [3.05, 3.63) is 54.6 Å². The van der Waals surface area contributed by atoms with Crippen LogP contribution in [0.25, 0.3) is 0 Å². The monoisotopic (exact) mass is 463 g/mol. The van der Waals surface area contributed by atoms with Crippen molar-refractivity contribution < 1.29 is 19.7 Å². The Morgan fingerprint density at radius 1 is 0.969 bits per heavy atom. The van der Waals surface area contributed by atoms with Gasteiger partial charge in [0.15, 0.2) is 0 Å². The standard InChI is InChI=1S/C24H31N3O3.ClH.H2O/c1-29-23-13-6-5-12-22(23)26-17-15-25(16-18-26)14-8-7-11-21-19-27(24(28)30-21)20-9-3-2-4-10-20;;/h2-6,9-10,12-13,21H,7-8,11,14-19H2,1H3;1H;1H2. The lowest BCUT2D eigenvalue weighted by Gasteiger charge is -2.36. The van der Waals surface area contributed by atoms with Crippen molar-refractivity contribution in [2.24, 2.45) is 0 Å². The van der Waals surface area contributed by atoms with Gasteiger partial charge in [-0.3, -0.25) is 9.80 Å². The van der Waals surface area contributed by atoms with Crippen LogP contribution in [0.1, 0.15) is 19.3 Å². The largest absolute Gasteiger partial charge is 0.495 e. The number of hydrogen-bond acceptors (Lipinski definition) is 5. The molecule has 0 aliphatic carbocycles. The molecule has 2 aromatic carbocycles. The zero-order valence-corrected chi connectivity index (χ0v) is 19.4. The van der Waals surface area contributed by atoms with Gasteiger partial charge in [-0.25, -0.2) is 4.79 Å². The minimum Gasteiger partial charge on any atom is -0.495 e. The fourth-order valence-electron chi connectivity index (χ4n) is 4.30. The Hall–Kier alpha value is -2.48. The quantitative estimate of drug-likeness (QED) is 0.559. The number of rotatable bonds is 8. The molecule has 0 aromatic heterocycles. The van der Waals surface area contributed by atoms with Crippen LogP contribution >= 0.6 is 12.4 Å². The number of nitrogens with zero attached hydrogens (tertiary/aromatic N) is 3. The molecule has 0 radical (unpaired) electrons. The summed E-state index contributed by atoms with van der Waals surface area (Å²) in [6.45, 7) is 5.93. The van der Waals surface area contributed by atoms with Crippen LogP contribution in [0, 0.1) is 0 Å². The number of cyclic esters (lactones) is 1. The topological polar surface area (TPSA) is 76.8 Å². The number of ether oxygens (including phenoxy) is 2. The summed E-state index contributed by atoms with van der Waals surface area (Å²) in [4.78, 5) is 18.8. The molecule has 4 rings (SSSR count). The highest BCUT2D eigenvalue weighted by molar-refractivity contribution is 5.89. The number of unbranched alkanes of at least 4 members (excludes halogenated alkanes) is 1. The highest BCUT2D eigenvalue weighted by Gasteiger charge is 2.31. The molecule has 2 aliphatic heterocycles. The maximum atomic E-state index is 12.1. The van der Waals surface area contributed by atoms with Gasteiger partial charge in [0.1, 0.15) is 11.9 Å². The van der Waals surface area contributed by atoms with E-state index >= 15 is 0 Å². The third-order valence-corrected chi connectivity index (χ3v) is 5.99. The molecule has 1 unspecified atom stereocenters. The second-order valence-corrected chi connectivity index (χ2v) is 7.95. The number of carbonyl (C=O) groups excluding carboxylic acids is 1. The Labute approximate surface area is 196 Å². The number of anilines is 2. The molecule has 2 fully saturated rings. The zero-order valence-electron chi connectivity index (χ0n) is 18.6. The molecular weight excluding hydrogens is 430 g/mol. The number of para-hydroxylation sites is 3. The predicted molar refractivity (Wildman–Crippen MR) is 130 cm³/mol. The number of piperazine rings is 1. The molecule has 0 bridgehead atoms. The number of halogens is 1. The minimum absolute atomic E-state index is 0. The van der Waals surface area contributed by atoms with Crippen LogP contribution in [0.4, 0.5) is 16.2 Å². The summed E-state index contributed by atoms with van der Waals surface area (Å²) in [5.41, 5.74) is 2.10. The number of benzene rings is 2. The summed E-state index contributed by atoms with van der Waals surface area (Å²) < 4.78 is 11.1. The highest BCUT2D eigenvalue weighted by Crippen LogP contribution is 2.28. The van der Waals surface area contributed by atoms with Gasteiger partial charge in [-0.05, 0) is 50.1 Å². The van der Waals surface area contributed by atoms with Crippen molar-refractivity contribution in [3.63, 3.8) is 0 Å². The summed E-state index contributed by atoms with van der Waals surface area (Å²) in [7, 11) is 1.73. The molecular formula is C24H34ClN3O4. The van der Waals surface area contributed by atoms with Crippen LogP contribution in [0.15, 0.2) is 54.6 Å². The Kier molecular flexibility index (Phi) is 10.1. The normalized spacial score (nSPS) is 18.5. The van der Waals surface area contributed by atoms with Crippen LogP contribution in [0.3, 0.4) is 0 Å². The van der Waals surface area contributed by atoms with E-state index in [9.17, 15) is 4.79 Å². The molecule has 1 atom stereocenters. The van der Waals surface area contributed by atoms with Gasteiger partial charge < -0.3 is 19.8 Å². The van der Waals surface area contributed by atoms with Gasteiger partial charge in [0.05, 0.1) is 19.3 Å². The van der Waals surface area contributed by atoms with Crippen LogP contribution in [0.5, 0.6) is 5.75 Å². The molecule has 2 aliphatic rings. The van der Waals surface area contributed by atoms with E-state index in [0.717, 1.165) is 63.4 Å². The Balaban J connectivity index is 0.00000181. The summed E-state index contributed by atoms with van der Waals surface area (Å²) in [5.74, 6) is 0.946. The van der Waals surface area contributed by atoms with E-state index in [1.807, 2.05) is 42.5 Å². The Morgan fingerprint density at radius 2 is 1.66 bits per heavy atom. The Morgan fingerprint density at radius 3 is 2.38 bits per heavy atom. The molecule has 8 heteroatoms. The lowest BCUT2D eigenvalue weighted by atomic mass is 10.1. The molecule has 2 saturated heterocycles. The third kappa shape index (κ3) is 6.28. The first-order valence-electron chi connectivity index (χ1n) is 10.9. The first-order valence-corrected chi connectivity index (χ1v) is 10.9. The maximum absolute atomic E-state index is 12.1. The van der Waals surface area contributed by atoms with E-state index in [4.69, 9.17) is 9.47 Å². The Bertz CT molecular complexity index is 831. The van der Waals surface area contributed by atoms with E-state index in [1.54, 1.807) is 12.0 Å². The number of methoxy groups -OCH3 is 1. The lowest BCUT2D eigenvalue weighted by Crippen LogP contribution is -2.46. The first kappa shape index (κ1) is 25.8. The van der Waals surface area contributed by atoms with Crippen molar-refractivity contribution in [3.8, 4) is 5.75 Å². The molecule has 0 saturated carbocycles. The highest BCUT2D eigenvalue weighted by atomic mass is 35.5. The van der Waals surface area contributed by atoms with Gasteiger partial charge in [0.25, 0.3) is 0 Å². The fourth-order valence-corrected chi connectivity index (χ4v) is 4.30. The summed E-state index contributed by atoms with van der Waals surface area (Å²) >= 11 is 0. The van der Waals surface area contributed by atoms with Gasteiger partial charge in [-0.2, -0.15) is 0 Å². The van der Waals surface area contributed by atoms with Crippen molar-refractivity contribution >= 4 is 29.9 Å². The molecule has 176 valence electrons. The average Bonchev–Trinajstić information content (AvgIpc) is 3.18. The molecule has 7 nitrogen and oxygen atoms in total. The molecule has 2 aromatic rings. The maximum Gasteiger partial charge on any atom is 0.414 e. The summed E-state index contributed by atoms with van der Waals surface area (Å²) in [6.07, 6.45) is 2.91. The van der Waals surface area contributed by atoms with Crippen LogP contribution in [-0.2, 0) is 4.74 Å². The van der Waals surface area contributed by atoms with Crippen molar-refractivity contribution in [2.75, 3.05) is 56.2 Å². The van der Waals surface area contributed by atoms with E-state index in [-0.39, 0.29) is 30.1 Å². The minimum atomic E-state index is -0.223. The van der Waals surface area contributed by atoms with Gasteiger partial charge in [0, 0.05) is 31.9 Å². The summed E-state index contributed by atoms with van der Waals surface area (Å²) in [5, 5.41) is 0. The van der Waals surface area contributed by atoms with Crippen molar-refractivity contribution in [2.45, 2.75) is 25.4 Å². The van der Waals surface area contributed by atoms with Crippen molar-refractivity contribution in [1.29, 1.82) is 0 Å². The first-order chi connectivity index (χ1) is 14.7. The van der Waals surface area contributed by atoms with E-state index in [0.29, 0.717) is 6.54 Å². The average molecular weight is 464 g/mol. The van der Waals surface area contributed by atoms with Gasteiger partial charge >= 0.3 is 6.09 Å². The predicted octanol–water partition coefficient (Wildman–Crippen LogP) is 3.61. The van der Waals surface area contributed by atoms with Crippen molar-refractivity contribution in [1.82, 2.24) is 4.90 Å². The van der Waals surface area contributed by atoms with E-state index < -0.39 is 0 Å².